The van der Waals surface area contributed by atoms with Crippen molar-refractivity contribution in [3.05, 3.63) is 109 Å². The molecule has 0 saturated heterocycles. The first-order valence-electron chi connectivity index (χ1n) is 10.9. The Morgan fingerprint density at radius 2 is 1.25 bits per heavy atom. The summed E-state index contributed by atoms with van der Waals surface area (Å²) in [5, 5.41) is 8.79. The molecule has 0 unspecified atom stereocenters. The van der Waals surface area contributed by atoms with Gasteiger partial charge in [0, 0.05) is 16.5 Å². The molecule has 6 aromatic rings. The van der Waals surface area contributed by atoms with E-state index in [9.17, 15) is 0 Å². The summed E-state index contributed by atoms with van der Waals surface area (Å²) in [6.07, 6.45) is 5.92. The maximum absolute atomic E-state index is 6.29. The zero-order valence-corrected chi connectivity index (χ0v) is 17.9. The van der Waals surface area contributed by atoms with Crippen molar-refractivity contribution in [2.75, 3.05) is 0 Å². The number of furan rings is 1. The molecule has 32 heavy (non-hydrogen) atoms. The van der Waals surface area contributed by atoms with Gasteiger partial charge in [-0.1, -0.05) is 97.6 Å². The Morgan fingerprint density at radius 3 is 1.88 bits per heavy atom. The SMILES string of the molecule is C=Cc1oc2c(-c3ccc4c5ccccc5c5ccccc5c4c3)cccc2c1/C=C\C. The summed E-state index contributed by atoms with van der Waals surface area (Å²) in [5.74, 6) is 0.808. The van der Waals surface area contributed by atoms with Gasteiger partial charge in [-0.05, 0) is 56.9 Å². The van der Waals surface area contributed by atoms with Crippen molar-refractivity contribution < 1.29 is 4.42 Å². The summed E-state index contributed by atoms with van der Waals surface area (Å²) in [7, 11) is 0. The summed E-state index contributed by atoms with van der Waals surface area (Å²) >= 11 is 0. The molecule has 1 aromatic heterocycles. The number of rotatable bonds is 3. The molecule has 0 aliphatic heterocycles. The van der Waals surface area contributed by atoms with Gasteiger partial charge >= 0.3 is 0 Å². The normalized spacial score (nSPS) is 11.9. The Balaban J connectivity index is 1.70. The van der Waals surface area contributed by atoms with E-state index in [-0.39, 0.29) is 0 Å². The lowest BCUT2D eigenvalue weighted by Gasteiger charge is -2.12. The van der Waals surface area contributed by atoms with E-state index in [0.717, 1.165) is 33.4 Å². The maximum Gasteiger partial charge on any atom is 0.143 e. The first-order valence-corrected chi connectivity index (χ1v) is 10.9. The van der Waals surface area contributed by atoms with Crippen molar-refractivity contribution in [2.24, 2.45) is 0 Å². The summed E-state index contributed by atoms with van der Waals surface area (Å²) in [5.41, 5.74) is 4.23. The van der Waals surface area contributed by atoms with Crippen molar-refractivity contribution in [3.63, 3.8) is 0 Å². The van der Waals surface area contributed by atoms with E-state index in [4.69, 9.17) is 4.42 Å². The van der Waals surface area contributed by atoms with Gasteiger partial charge in [0.15, 0.2) is 0 Å². The zero-order chi connectivity index (χ0) is 21.7. The standard InChI is InChI=1S/C31H22O/c1-3-10-27-28-16-9-15-21(31(28)32-30(27)4-2)20-17-18-26-24-13-6-5-11-22(24)23-12-7-8-14-25(23)29(26)19-20/h3-19H,2H2,1H3/b10-3-. The maximum atomic E-state index is 6.29. The van der Waals surface area contributed by atoms with Crippen LogP contribution in [0, 0.1) is 0 Å². The van der Waals surface area contributed by atoms with E-state index in [1.54, 1.807) is 6.08 Å². The highest BCUT2D eigenvalue weighted by molar-refractivity contribution is 6.25. The highest BCUT2D eigenvalue weighted by Gasteiger charge is 2.15. The molecule has 0 N–H and O–H groups in total. The van der Waals surface area contributed by atoms with Crippen LogP contribution < -0.4 is 0 Å². The summed E-state index contributed by atoms with van der Waals surface area (Å²) < 4.78 is 6.29. The Morgan fingerprint density at radius 1 is 0.656 bits per heavy atom. The minimum absolute atomic E-state index is 0.808. The topological polar surface area (TPSA) is 13.1 Å². The number of hydrogen-bond acceptors (Lipinski definition) is 1. The van der Waals surface area contributed by atoms with Crippen LogP contribution in [0.3, 0.4) is 0 Å². The number of hydrogen-bond donors (Lipinski definition) is 0. The lowest BCUT2D eigenvalue weighted by molar-refractivity contribution is 0.604. The second-order valence-corrected chi connectivity index (χ2v) is 8.12. The summed E-state index contributed by atoms with van der Waals surface area (Å²) in [6, 6.07) is 30.5. The predicted molar refractivity (Wildman–Crippen MR) is 139 cm³/mol. The van der Waals surface area contributed by atoms with Crippen LogP contribution in [-0.4, -0.2) is 0 Å². The fraction of sp³-hybridized carbons (Fsp3) is 0.0323. The van der Waals surface area contributed by atoms with E-state index in [0.29, 0.717) is 0 Å². The predicted octanol–water partition coefficient (Wildman–Crippen LogP) is 9.24. The van der Waals surface area contributed by atoms with Gasteiger partial charge in [0.1, 0.15) is 11.3 Å². The Hall–Kier alpha value is -4.10. The molecular formula is C31H22O. The Kier molecular flexibility index (Phi) is 4.22. The average Bonchev–Trinajstić information content (AvgIpc) is 3.22. The van der Waals surface area contributed by atoms with Crippen molar-refractivity contribution in [3.8, 4) is 11.1 Å². The Bertz CT molecular complexity index is 1660. The van der Waals surface area contributed by atoms with E-state index >= 15 is 0 Å². The van der Waals surface area contributed by atoms with Crippen LogP contribution in [0.2, 0.25) is 0 Å². The summed E-state index contributed by atoms with van der Waals surface area (Å²) in [6.45, 7) is 5.97. The third-order valence-electron chi connectivity index (χ3n) is 6.36. The second kappa shape index (κ2) is 7.25. The zero-order valence-electron chi connectivity index (χ0n) is 17.9. The molecule has 0 aliphatic rings. The molecule has 0 radical (unpaired) electrons. The lowest BCUT2D eigenvalue weighted by Crippen LogP contribution is -1.85. The molecule has 0 amide bonds. The third-order valence-corrected chi connectivity index (χ3v) is 6.36. The van der Waals surface area contributed by atoms with Crippen LogP contribution >= 0.6 is 0 Å². The minimum Gasteiger partial charge on any atom is -0.455 e. The highest BCUT2D eigenvalue weighted by Crippen LogP contribution is 2.40. The molecule has 0 bridgehead atoms. The molecule has 152 valence electrons. The van der Waals surface area contributed by atoms with Crippen LogP contribution in [-0.2, 0) is 0 Å². The van der Waals surface area contributed by atoms with E-state index < -0.39 is 0 Å². The number of allylic oxidation sites excluding steroid dienone is 1. The molecule has 0 atom stereocenters. The van der Waals surface area contributed by atoms with Gasteiger partial charge in [0.05, 0.1) is 0 Å². The van der Waals surface area contributed by atoms with Gasteiger partial charge in [0.2, 0.25) is 0 Å². The molecule has 6 rings (SSSR count). The third kappa shape index (κ3) is 2.65. The largest absolute Gasteiger partial charge is 0.455 e. The number of fused-ring (bicyclic) bond motifs is 7. The van der Waals surface area contributed by atoms with Crippen LogP contribution in [0.1, 0.15) is 18.2 Å². The van der Waals surface area contributed by atoms with E-state index in [1.807, 2.05) is 13.0 Å². The molecule has 0 saturated carbocycles. The molecule has 5 aromatic carbocycles. The molecule has 1 heterocycles. The number of benzene rings is 5. The quantitative estimate of drug-likeness (QED) is 0.265. The lowest BCUT2D eigenvalue weighted by atomic mass is 9.92. The summed E-state index contributed by atoms with van der Waals surface area (Å²) in [4.78, 5) is 0. The Labute approximate surface area is 186 Å². The molecule has 1 nitrogen and oxygen atoms in total. The van der Waals surface area contributed by atoms with Crippen LogP contribution in [0.5, 0.6) is 0 Å². The average molecular weight is 411 g/mol. The van der Waals surface area contributed by atoms with Crippen LogP contribution in [0.4, 0.5) is 0 Å². The van der Waals surface area contributed by atoms with Gasteiger partial charge in [-0.3, -0.25) is 0 Å². The van der Waals surface area contributed by atoms with Crippen LogP contribution in [0.25, 0.3) is 66.6 Å². The van der Waals surface area contributed by atoms with Crippen molar-refractivity contribution in [2.45, 2.75) is 6.92 Å². The first-order chi connectivity index (χ1) is 15.8. The van der Waals surface area contributed by atoms with E-state index in [1.165, 1.54) is 32.3 Å². The fourth-order valence-corrected chi connectivity index (χ4v) is 4.95. The van der Waals surface area contributed by atoms with Crippen molar-refractivity contribution in [1.29, 1.82) is 0 Å². The molecule has 0 aliphatic carbocycles. The van der Waals surface area contributed by atoms with Crippen molar-refractivity contribution in [1.82, 2.24) is 0 Å². The minimum atomic E-state index is 0.808. The van der Waals surface area contributed by atoms with Crippen LogP contribution in [0.15, 0.2) is 102 Å². The second-order valence-electron chi connectivity index (χ2n) is 8.12. The fourth-order valence-electron chi connectivity index (χ4n) is 4.95. The smallest absolute Gasteiger partial charge is 0.143 e. The highest BCUT2D eigenvalue weighted by atomic mass is 16.3. The molecule has 0 fully saturated rings. The van der Waals surface area contributed by atoms with E-state index in [2.05, 4.69) is 97.6 Å². The van der Waals surface area contributed by atoms with Gasteiger partial charge in [-0.2, -0.15) is 0 Å². The van der Waals surface area contributed by atoms with Gasteiger partial charge in [0.25, 0.3) is 0 Å². The van der Waals surface area contributed by atoms with Gasteiger partial charge in [-0.25, -0.2) is 0 Å². The van der Waals surface area contributed by atoms with Crippen molar-refractivity contribution >= 4 is 55.4 Å². The molecule has 1 heteroatoms. The number of para-hydroxylation sites is 1. The first kappa shape index (κ1) is 18.7. The molecule has 0 spiro atoms. The van der Waals surface area contributed by atoms with Gasteiger partial charge < -0.3 is 4.42 Å². The monoisotopic (exact) mass is 410 g/mol. The van der Waals surface area contributed by atoms with Gasteiger partial charge in [-0.15, -0.1) is 0 Å². The molecular weight excluding hydrogens is 388 g/mol.